The number of hydrogen-bond acceptors (Lipinski definition) is 4. The maximum Gasteiger partial charge on any atom is 0.154 e. The number of hydrogen-bond donors (Lipinski definition) is 1. The lowest BCUT2D eigenvalue weighted by Gasteiger charge is -2.31. The number of H-pyrrole nitrogens is 1. The first-order chi connectivity index (χ1) is 13.6. The van der Waals surface area contributed by atoms with Gasteiger partial charge in [0.05, 0.1) is 23.3 Å². The number of anilines is 2. The van der Waals surface area contributed by atoms with Crippen molar-refractivity contribution < 1.29 is 4.74 Å². The number of aryl methyl sites for hydroxylation is 1. The van der Waals surface area contributed by atoms with Crippen molar-refractivity contribution >= 4 is 54.4 Å². The molecule has 1 aliphatic rings. The quantitative estimate of drug-likeness (QED) is 0.368. The molecule has 7 heteroatoms. The normalized spacial score (nSPS) is 13.5. The molecule has 140 valence electrons. The summed E-state index contributed by atoms with van der Waals surface area (Å²) in [4.78, 5) is 15.0. The zero-order valence-electron chi connectivity index (χ0n) is 15.0. The van der Waals surface area contributed by atoms with E-state index in [1.807, 2.05) is 43.5 Å². The van der Waals surface area contributed by atoms with E-state index in [4.69, 9.17) is 9.72 Å². The molecule has 0 atom stereocenters. The van der Waals surface area contributed by atoms with Crippen LogP contribution in [0.25, 0.3) is 22.4 Å². The molecule has 0 spiro atoms. The van der Waals surface area contributed by atoms with Crippen molar-refractivity contribution in [3.63, 3.8) is 0 Å². The minimum Gasteiger partial charge on any atom is -0.489 e. The van der Waals surface area contributed by atoms with Gasteiger partial charge in [-0.15, -0.1) is 0 Å². The van der Waals surface area contributed by atoms with Gasteiger partial charge in [-0.1, -0.05) is 28.1 Å². The van der Waals surface area contributed by atoms with Crippen molar-refractivity contribution in [3.8, 4) is 17.1 Å². The van der Waals surface area contributed by atoms with Crippen LogP contribution in [0, 0.1) is 6.92 Å². The highest BCUT2D eigenvalue weighted by Crippen LogP contribution is 2.42. The molecule has 0 amide bonds. The fourth-order valence-electron chi connectivity index (χ4n) is 3.46. The molecule has 5 rings (SSSR count). The minimum absolute atomic E-state index is 0.592. The fourth-order valence-corrected chi connectivity index (χ4v) is 4.78. The van der Waals surface area contributed by atoms with Gasteiger partial charge in [0.25, 0.3) is 0 Å². The van der Waals surface area contributed by atoms with Gasteiger partial charge in [0.2, 0.25) is 0 Å². The molecular formula is C21H16Br2N4O. The fraction of sp³-hybridized carbons (Fsp3) is 0.143. The Kier molecular flexibility index (Phi) is 4.36. The Morgan fingerprint density at radius 1 is 1.14 bits per heavy atom. The maximum absolute atomic E-state index is 6.08. The van der Waals surface area contributed by atoms with E-state index in [0.717, 1.165) is 60.7 Å². The number of pyridine rings is 1. The standard InChI is InChI=1S/C21H16Br2N4O/c1-12-5-6-18(24-11-12)27-7-8-28-20-14(3-2-4-17(20)27)21-25-16-10-13(22)9-15(23)19(16)26-21/h2-6,9-11H,7-8H2,1H3,(H,25,26). The Balaban J connectivity index is 1.64. The second-order valence-electron chi connectivity index (χ2n) is 6.72. The summed E-state index contributed by atoms with van der Waals surface area (Å²) < 4.78 is 8.02. The average molecular weight is 500 g/mol. The van der Waals surface area contributed by atoms with Gasteiger partial charge in [-0.2, -0.15) is 0 Å². The van der Waals surface area contributed by atoms with E-state index < -0.39 is 0 Å². The molecule has 28 heavy (non-hydrogen) atoms. The largest absolute Gasteiger partial charge is 0.489 e. The molecule has 2 aromatic heterocycles. The van der Waals surface area contributed by atoms with Gasteiger partial charge in [-0.3, -0.25) is 0 Å². The van der Waals surface area contributed by atoms with Gasteiger partial charge in [-0.05, 0) is 58.7 Å². The van der Waals surface area contributed by atoms with E-state index >= 15 is 0 Å². The zero-order chi connectivity index (χ0) is 19.3. The van der Waals surface area contributed by atoms with Crippen LogP contribution >= 0.6 is 31.9 Å². The number of ether oxygens (including phenoxy) is 1. The SMILES string of the molecule is Cc1ccc(N2CCOc3c(-c4nc5c(Br)cc(Br)cc5[nH]4)cccc32)nc1. The van der Waals surface area contributed by atoms with Gasteiger partial charge in [-0.25, -0.2) is 9.97 Å². The lowest BCUT2D eigenvalue weighted by atomic mass is 10.1. The van der Waals surface area contributed by atoms with Crippen LogP contribution in [0.15, 0.2) is 57.6 Å². The number of nitrogens with one attached hydrogen (secondary N) is 1. The molecule has 0 bridgehead atoms. The van der Waals surface area contributed by atoms with E-state index in [0.29, 0.717) is 6.61 Å². The highest BCUT2D eigenvalue weighted by molar-refractivity contribution is 9.11. The Hall–Kier alpha value is -2.38. The van der Waals surface area contributed by atoms with Crippen LogP contribution in [-0.2, 0) is 0 Å². The molecular weight excluding hydrogens is 484 g/mol. The van der Waals surface area contributed by atoms with E-state index in [1.54, 1.807) is 0 Å². The predicted octanol–water partition coefficient (Wildman–Crippen LogP) is 5.99. The minimum atomic E-state index is 0.592. The Bertz CT molecular complexity index is 1190. The topological polar surface area (TPSA) is 54.0 Å². The second kappa shape index (κ2) is 6.90. The van der Waals surface area contributed by atoms with Crippen LogP contribution in [0.5, 0.6) is 5.75 Å². The zero-order valence-corrected chi connectivity index (χ0v) is 18.2. The molecule has 4 aromatic rings. The maximum atomic E-state index is 6.08. The third kappa shape index (κ3) is 2.99. The molecule has 0 radical (unpaired) electrons. The second-order valence-corrected chi connectivity index (χ2v) is 8.49. The summed E-state index contributed by atoms with van der Waals surface area (Å²) in [6, 6.07) is 14.3. The number of para-hydroxylation sites is 1. The molecule has 0 saturated carbocycles. The summed E-state index contributed by atoms with van der Waals surface area (Å²) in [5, 5.41) is 0. The summed E-state index contributed by atoms with van der Waals surface area (Å²) >= 11 is 7.13. The van der Waals surface area contributed by atoms with Gasteiger partial charge < -0.3 is 14.6 Å². The Morgan fingerprint density at radius 3 is 2.86 bits per heavy atom. The third-order valence-electron chi connectivity index (χ3n) is 4.78. The lowest BCUT2D eigenvalue weighted by molar-refractivity contribution is 0.315. The average Bonchev–Trinajstić information content (AvgIpc) is 3.12. The van der Waals surface area contributed by atoms with Crippen molar-refractivity contribution in [2.24, 2.45) is 0 Å². The van der Waals surface area contributed by atoms with Gasteiger partial charge >= 0.3 is 0 Å². The molecule has 0 unspecified atom stereocenters. The first kappa shape index (κ1) is 17.7. The molecule has 2 aromatic carbocycles. The summed E-state index contributed by atoms with van der Waals surface area (Å²) in [7, 11) is 0. The number of nitrogens with zero attached hydrogens (tertiary/aromatic N) is 3. The number of aromatic amines is 1. The number of aromatic nitrogens is 3. The first-order valence-electron chi connectivity index (χ1n) is 8.91. The van der Waals surface area contributed by atoms with Crippen molar-refractivity contribution in [1.29, 1.82) is 0 Å². The van der Waals surface area contributed by atoms with Crippen LogP contribution in [0.1, 0.15) is 5.56 Å². The Labute approximate surface area is 179 Å². The first-order valence-corrected chi connectivity index (χ1v) is 10.5. The summed E-state index contributed by atoms with van der Waals surface area (Å²) in [6.45, 7) is 3.39. The van der Waals surface area contributed by atoms with Gasteiger partial charge in [0.1, 0.15) is 23.8 Å². The highest BCUT2D eigenvalue weighted by atomic mass is 79.9. The molecule has 0 fully saturated rings. The molecule has 1 N–H and O–H groups in total. The highest BCUT2D eigenvalue weighted by Gasteiger charge is 2.24. The number of imidazole rings is 1. The number of fused-ring (bicyclic) bond motifs is 2. The van der Waals surface area contributed by atoms with Crippen LogP contribution in [0.4, 0.5) is 11.5 Å². The molecule has 1 aliphatic heterocycles. The van der Waals surface area contributed by atoms with E-state index in [-0.39, 0.29) is 0 Å². The predicted molar refractivity (Wildman–Crippen MR) is 118 cm³/mol. The van der Waals surface area contributed by atoms with Crippen LogP contribution in [0.3, 0.4) is 0 Å². The Morgan fingerprint density at radius 2 is 2.04 bits per heavy atom. The number of benzene rings is 2. The van der Waals surface area contributed by atoms with Crippen molar-refractivity contribution in [2.45, 2.75) is 6.92 Å². The number of halogens is 2. The smallest absolute Gasteiger partial charge is 0.154 e. The van der Waals surface area contributed by atoms with Crippen LogP contribution in [-0.4, -0.2) is 28.1 Å². The van der Waals surface area contributed by atoms with Crippen molar-refractivity contribution in [3.05, 3.63) is 63.2 Å². The molecule has 3 heterocycles. The third-order valence-corrected chi connectivity index (χ3v) is 5.84. The molecule has 0 saturated heterocycles. The lowest BCUT2D eigenvalue weighted by Crippen LogP contribution is -2.29. The monoisotopic (exact) mass is 498 g/mol. The van der Waals surface area contributed by atoms with Gasteiger partial charge in [0, 0.05) is 15.1 Å². The van der Waals surface area contributed by atoms with Crippen LogP contribution < -0.4 is 9.64 Å². The van der Waals surface area contributed by atoms with Crippen molar-refractivity contribution in [1.82, 2.24) is 15.0 Å². The van der Waals surface area contributed by atoms with E-state index in [1.165, 1.54) is 0 Å². The van der Waals surface area contributed by atoms with Crippen molar-refractivity contribution in [2.75, 3.05) is 18.1 Å². The van der Waals surface area contributed by atoms with E-state index in [2.05, 4.69) is 58.9 Å². The summed E-state index contributed by atoms with van der Waals surface area (Å²) in [5.41, 5.74) is 4.93. The van der Waals surface area contributed by atoms with E-state index in [9.17, 15) is 0 Å². The van der Waals surface area contributed by atoms with Gasteiger partial charge in [0.15, 0.2) is 5.75 Å². The summed E-state index contributed by atoms with van der Waals surface area (Å²) in [5.74, 6) is 2.53. The number of rotatable bonds is 2. The molecule has 5 nitrogen and oxygen atoms in total. The van der Waals surface area contributed by atoms with Crippen LogP contribution in [0.2, 0.25) is 0 Å². The molecule has 0 aliphatic carbocycles. The summed E-state index contributed by atoms with van der Waals surface area (Å²) in [6.07, 6.45) is 1.89.